The first-order chi connectivity index (χ1) is 13.7. The molecule has 3 N–H and O–H groups in total. The van der Waals surface area contributed by atoms with E-state index >= 15 is 0 Å². The number of aliphatic hydroxyl groups is 1. The maximum absolute atomic E-state index is 13.3. The highest BCUT2D eigenvalue weighted by Gasteiger charge is 2.57. The molecule has 1 amide bonds. The minimum atomic E-state index is -1.22. The lowest BCUT2D eigenvalue weighted by Gasteiger charge is -2.54. The lowest BCUT2D eigenvalue weighted by molar-refractivity contribution is -0.217. The molecule has 30 heavy (non-hydrogen) atoms. The topological polar surface area (TPSA) is 97.9 Å². The highest BCUT2D eigenvalue weighted by molar-refractivity contribution is 5.70. The van der Waals surface area contributed by atoms with Gasteiger partial charge in [-0.15, -0.1) is 0 Å². The molecule has 1 saturated carbocycles. The molecule has 3 rings (SSSR count). The Kier molecular flexibility index (Phi) is 5.84. The zero-order chi connectivity index (χ0) is 22.5. The summed E-state index contributed by atoms with van der Waals surface area (Å²) in [5, 5.41) is 11.7. The SMILES string of the molecule is CC(C)(C)OC(=O)N(C1CC(c2ccncc2N)OC(C2CC2)C1(C)O)C(C)(C)C. The summed E-state index contributed by atoms with van der Waals surface area (Å²) < 4.78 is 12.2. The Morgan fingerprint density at radius 1 is 1.30 bits per heavy atom. The standard InChI is InChI=1S/C23H37N3O4/c1-21(2,3)26(20(27)30-22(4,5)6)18-12-17(15-10-11-25-13-16(15)24)29-19(14-8-9-14)23(18,7)28/h10-11,13-14,17-19,28H,8-9,12,24H2,1-7H3. The maximum Gasteiger partial charge on any atom is 0.411 e. The van der Waals surface area contributed by atoms with Crippen molar-refractivity contribution >= 4 is 11.8 Å². The van der Waals surface area contributed by atoms with Crippen LogP contribution in [-0.4, -0.2) is 50.0 Å². The van der Waals surface area contributed by atoms with Crippen molar-refractivity contribution in [1.29, 1.82) is 0 Å². The van der Waals surface area contributed by atoms with Crippen molar-refractivity contribution in [2.45, 2.75) is 103 Å². The molecule has 1 aliphatic heterocycles. The average Bonchev–Trinajstić information content (AvgIpc) is 3.39. The number of hydrogen-bond donors (Lipinski definition) is 2. The molecule has 2 heterocycles. The van der Waals surface area contributed by atoms with Crippen LogP contribution in [0.2, 0.25) is 0 Å². The first kappa shape index (κ1) is 22.8. The molecule has 7 heteroatoms. The van der Waals surface area contributed by atoms with Gasteiger partial charge in [-0.2, -0.15) is 0 Å². The van der Waals surface area contributed by atoms with E-state index in [0.29, 0.717) is 12.1 Å². The largest absolute Gasteiger partial charge is 0.444 e. The van der Waals surface area contributed by atoms with Crippen molar-refractivity contribution in [1.82, 2.24) is 9.88 Å². The minimum absolute atomic E-state index is 0.272. The fraction of sp³-hybridized carbons (Fsp3) is 0.739. The van der Waals surface area contributed by atoms with Crippen LogP contribution in [0.4, 0.5) is 10.5 Å². The van der Waals surface area contributed by atoms with Crippen LogP contribution in [0.1, 0.15) is 79.4 Å². The lowest BCUT2D eigenvalue weighted by Crippen LogP contribution is -2.67. The second-order valence-electron chi connectivity index (χ2n) is 10.9. The van der Waals surface area contributed by atoms with Gasteiger partial charge in [-0.25, -0.2) is 4.79 Å². The van der Waals surface area contributed by atoms with E-state index in [-0.39, 0.29) is 18.1 Å². The minimum Gasteiger partial charge on any atom is -0.444 e. The number of carbonyl (C=O) groups is 1. The van der Waals surface area contributed by atoms with Crippen LogP contribution in [0.25, 0.3) is 0 Å². The molecule has 7 nitrogen and oxygen atoms in total. The van der Waals surface area contributed by atoms with Crippen molar-refractivity contribution in [2.75, 3.05) is 5.73 Å². The normalized spacial score (nSPS) is 30.1. The van der Waals surface area contributed by atoms with Gasteiger partial charge in [0, 0.05) is 23.7 Å². The van der Waals surface area contributed by atoms with Gasteiger partial charge in [-0.05, 0) is 73.3 Å². The van der Waals surface area contributed by atoms with Crippen molar-refractivity contribution in [2.24, 2.45) is 5.92 Å². The number of ether oxygens (including phenoxy) is 2. The van der Waals surface area contributed by atoms with Gasteiger partial charge < -0.3 is 20.3 Å². The molecule has 0 spiro atoms. The Balaban J connectivity index is 2.03. The molecule has 168 valence electrons. The molecule has 0 bridgehead atoms. The summed E-state index contributed by atoms with van der Waals surface area (Å²) in [5.41, 5.74) is 5.18. The number of amides is 1. The van der Waals surface area contributed by atoms with Crippen LogP contribution in [0.5, 0.6) is 0 Å². The highest BCUT2D eigenvalue weighted by atomic mass is 16.6. The van der Waals surface area contributed by atoms with Gasteiger partial charge in [0.25, 0.3) is 0 Å². The number of carbonyl (C=O) groups excluding carboxylic acids is 1. The van der Waals surface area contributed by atoms with E-state index in [4.69, 9.17) is 15.2 Å². The predicted molar refractivity (Wildman–Crippen MR) is 116 cm³/mol. The van der Waals surface area contributed by atoms with Gasteiger partial charge in [0.1, 0.15) is 11.2 Å². The van der Waals surface area contributed by atoms with Crippen LogP contribution < -0.4 is 5.73 Å². The quantitative estimate of drug-likeness (QED) is 0.767. The molecule has 2 aliphatic rings. The van der Waals surface area contributed by atoms with Gasteiger partial charge in [-0.1, -0.05) is 0 Å². The second-order valence-corrected chi connectivity index (χ2v) is 10.9. The van der Waals surface area contributed by atoms with E-state index in [2.05, 4.69) is 4.98 Å². The van der Waals surface area contributed by atoms with E-state index in [1.807, 2.05) is 47.6 Å². The van der Waals surface area contributed by atoms with E-state index in [1.165, 1.54) is 0 Å². The van der Waals surface area contributed by atoms with Gasteiger partial charge >= 0.3 is 6.09 Å². The van der Waals surface area contributed by atoms with E-state index in [9.17, 15) is 9.90 Å². The number of nitrogen functional groups attached to an aromatic ring is 1. The third-order valence-electron chi connectivity index (χ3n) is 5.91. The number of aromatic nitrogens is 1. The number of nitrogens with two attached hydrogens (primary N) is 1. The number of pyridine rings is 1. The molecular formula is C23H37N3O4. The Morgan fingerprint density at radius 2 is 1.93 bits per heavy atom. The molecule has 2 fully saturated rings. The molecule has 0 radical (unpaired) electrons. The van der Waals surface area contributed by atoms with Gasteiger partial charge in [-0.3, -0.25) is 9.88 Å². The van der Waals surface area contributed by atoms with Gasteiger partial charge in [0.05, 0.1) is 30.1 Å². The summed E-state index contributed by atoms with van der Waals surface area (Å²) in [6, 6.07) is 1.36. The summed E-state index contributed by atoms with van der Waals surface area (Å²) in [6.07, 6.45) is 4.58. The summed E-state index contributed by atoms with van der Waals surface area (Å²) in [5.74, 6) is 0.272. The summed E-state index contributed by atoms with van der Waals surface area (Å²) >= 11 is 0. The third-order valence-corrected chi connectivity index (χ3v) is 5.91. The summed E-state index contributed by atoms with van der Waals surface area (Å²) in [7, 11) is 0. The van der Waals surface area contributed by atoms with E-state index < -0.39 is 28.9 Å². The smallest absolute Gasteiger partial charge is 0.411 e. The molecule has 0 aromatic carbocycles. The van der Waals surface area contributed by atoms with Crippen molar-refractivity contribution in [3.05, 3.63) is 24.0 Å². The zero-order valence-electron chi connectivity index (χ0n) is 19.3. The predicted octanol–water partition coefficient (Wildman–Crippen LogP) is 4.06. The molecule has 4 atom stereocenters. The Morgan fingerprint density at radius 3 is 2.43 bits per heavy atom. The number of anilines is 1. The number of rotatable bonds is 3. The molecule has 1 aromatic heterocycles. The lowest BCUT2D eigenvalue weighted by atomic mass is 9.78. The fourth-order valence-corrected chi connectivity index (χ4v) is 4.45. The first-order valence-corrected chi connectivity index (χ1v) is 10.8. The van der Waals surface area contributed by atoms with E-state index in [0.717, 1.165) is 18.4 Å². The van der Waals surface area contributed by atoms with Crippen LogP contribution in [0.3, 0.4) is 0 Å². The van der Waals surface area contributed by atoms with Crippen molar-refractivity contribution < 1.29 is 19.4 Å². The Labute approximate surface area is 179 Å². The molecule has 4 unspecified atom stereocenters. The average molecular weight is 420 g/mol. The van der Waals surface area contributed by atoms with Crippen LogP contribution >= 0.6 is 0 Å². The molecule has 1 aliphatic carbocycles. The molecule has 1 aromatic rings. The second kappa shape index (κ2) is 7.68. The van der Waals surface area contributed by atoms with Crippen LogP contribution in [0, 0.1) is 5.92 Å². The zero-order valence-corrected chi connectivity index (χ0v) is 19.3. The Hall–Kier alpha value is -1.86. The Bertz CT molecular complexity index is 777. The molecule has 1 saturated heterocycles. The van der Waals surface area contributed by atoms with Crippen molar-refractivity contribution in [3.63, 3.8) is 0 Å². The van der Waals surface area contributed by atoms with Gasteiger partial charge in [0.15, 0.2) is 0 Å². The van der Waals surface area contributed by atoms with E-state index in [1.54, 1.807) is 24.2 Å². The monoisotopic (exact) mass is 419 g/mol. The fourth-order valence-electron chi connectivity index (χ4n) is 4.45. The van der Waals surface area contributed by atoms with Crippen LogP contribution in [-0.2, 0) is 9.47 Å². The maximum atomic E-state index is 13.3. The summed E-state index contributed by atoms with van der Waals surface area (Å²) in [6.45, 7) is 13.2. The third kappa shape index (κ3) is 4.72. The van der Waals surface area contributed by atoms with Crippen molar-refractivity contribution in [3.8, 4) is 0 Å². The number of hydrogen-bond acceptors (Lipinski definition) is 6. The van der Waals surface area contributed by atoms with Gasteiger partial charge in [0.2, 0.25) is 0 Å². The number of nitrogens with zero attached hydrogens (tertiary/aromatic N) is 2. The molecular weight excluding hydrogens is 382 g/mol. The highest BCUT2D eigenvalue weighted by Crippen LogP contribution is 2.50. The first-order valence-electron chi connectivity index (χ1n) is 10.8. The van der Waals surface area contributed by atoms with Crippen LogP contribution in [0.15, 0.2) is 18.5 Å². The summed E-state index contributed by atoms with van der Waals surface area (Å²) in [4.78, 5) is 19.1.